The molecule has 0 N–H and O–H groups in total. The summed E-state index contributed by atoms with van der Waals surface area (Å²) >= 11 is 20.1. The highest BCUT2D eigenvalue weighted by Crippen LogP contribution is 2.34. The van der Waals surface area contributed by atoms with Crippen LogP contribution in [0.3, 0.4) is 0 Å². The van der Waals surface area contributed by atoms with Crippen molar-refractivity contribution in [2.45, 2.75) is 32.2 Å². The van der Waals surface area contributed by atoms with E-state index in [2.05, 4.69) is 4.98 Å². The highest BCUT2D eigenvalue weighted by atomic mass is 35.5. The summed E-state index contributed by atoms with van der Waals surface area (Å²) in [5, 5.41) is 2.14. The van der Waals surface area contributed by atoms with Gasteiger partial charge in [0.05, 0.1) is 18.3 Å². The lowest BCUT2D eigenvalue weighted by Crippen LogP contribution is -2.22. The second kappa shape index (κ2) is 6.34. The number of nitrogens with zero attached hydrogens (tertiary/aromatic N) is 2. The predicted molar refractivity (Wildman–Crippen MR) is 101 cm³/mol. The Labute approximate surface area is 157 Å². The van der Waals surface area contributed by atoms with Crippen LogP contribution in [-0.2, 0) is 19.4 Å². The standard InChI is InChI=1S/C17H13Cl3N2OS/c18-9-5-12(19)11(13(20)6-9)7-22-8-21-16-15(17(22)23)10-3-1-2-4-14(10)24-16/h5-6,8H,1-4,7H2. The third kappa shape index (κ3) is 2.76. The molecule has 0 spiro atoms. The van der Waals surface area contributed by atoms with Gasteiger partial charge in [-0.2, -0.15) is 0 Å². The van der Waals surface area contributed by atoms with Gasteiger partial charge in [0.1, 0.15) is 4.83 Å². The summed E-state index contributed by atoms with van der Waals surface area (Å²) in [6.07, 6.45) is 5.89. The summed E-state index contributed by atoms with van der Waals surface area (Å²) in [6.45, 7) is 0.279. The number of aryl methyl sites for hydroxylation is 2. The molecule has 0 unspecified atom stereocenters. The smallest absolute Gasteiger partial charge is 0.262 e. The van der Waals surface area contributed by atoms with E-state index in [1.54, 1.807) is 34.4 Å². The van der Waals surface area contributed by atoms with E-state index in [1.807, 2.05) is 0 Å². The van der Waals surface area contributed by atoms with Crippen LogP contribution in [0, 0.1) is 0 Å². The number of rotatable bonds is 2. The number of fused-ring (bicyclic) bond motifs is 3. The zero-order valence-electron chi connectivity index (χ0n) is 12.6. The van der Waals surface area contributed by atoms with Gasteiger partial charge in [0.25, 0.3) is 5.56 Å². The first kappa shape index (κ1) is 16.4. The van der Waals surface area contributed by atoms with Crippen molar-refractivity contribution < 1.29 is 0 Å². The van der Waals surface area contributed by atoms with Crippen LogP contribution < -0.4 is 5.56 Å². The minimum atomic E-state index is -0.0264. The van der Waals surface area contributed by atoms with E-state index in [-0.39, 0.29) is 12.1 Å². The molecule has 24 heavy (non-hydrogen) atoms. The summed E-state index contributed by atoms with van der Waals surface area (Å²) in [5.74, 6) is 0. The monoisotopic (exact) mass is 398 g/mol. The van der Waals surface area contributed by atoms with Gasteiger partial charge < -0.3 is 0 Å². The Hall–Kier alpha value is -1.07. The second-order valence-electron chi connectivity index (χ2n) is 5.92. The first-order valence-electron chi connectivity index (χ1n) is 7.67. The quantitative estimate of drug-likeness (QED) is 0.582. The zero-order valence-corrected chi connectivity index (χ0v) is 15.7. The summed E-state index contributed by atoms with van der Waals surface area (Å²) < 4.78 is 1.57. The van der Waals surface area contributed by atoms with Crippen LogP contribution >= 0.6 is 46.1 Å². The molecule has 0 saturated carbocycles. The first-order chi connectivity index (χ1) is 11.5. The Kier molecular flexibility index (Phi) is 4.33. The van der Waals surface area contributed by atoms with Crippen molar-refractivity contribution in [1.82, 2.24) is 9.55 Å². The average Bonchev–Trinajstić information content (AvgIpc) is 2.92. The normalized spacial score (nSPS) is 14.1. The van der Waals surface area contributed by atoms with Gasteiger partial charge in [-0.3, -0.25) is 9.36 Å². The molecule has 0 aliphatic heterocycles. The topological polar surface area (TPSA) is 34.9 Å². The number of aromatic nitrogens is 2. The van der Waals surface area contributed by atoms with Gasteiger partial charge >= 0.3 is 0 Å². The Morgan fingerprint density at radius 2 is 1.83 bits per heavy atom. The van der Waals surface area contributed by atoms with Gasteiger partial charge in [0, 0.05) is 25.5 Å². The maximum absolute atomic E-state index is 13.0. The summed E-state index contributed by atoms with van der Waals surface area (Å²) in [7, 11) is 0. The molecule has 0 fully saturated rings. The van der Waals surface area contributed by atoms with E-state index in [4.69, 9.17) is 34.8 Å². The Morgan fingerprint density at radius 3 is 2.58 bits per heavy atom. The SMILES string of the molecule is O=c1c2c3c(sc2ncn1Cc1c(Cl)cc(Cl)cc1Cl)CCCC3. The molecule has 1 aromatic carbocycles. The summed E-state index contributed by atoms with van der Waals surface area (Å²) in [4.78, 5) is 19.6. The van der Waals surface area contributed by atoms with Gasteiger partial charge in [-0.1, -0.05) is 34.8 Å². The molecule has 124 valence electrons. The van der Waals surface area contributed by atoms with E-state index >= 15 is 0 Å². The third-order valence-corrected chi connectivity index (χ3v) is 6.47. The van der Waals surface area contributed by atoms with Crippen LogP contribution in [0.4, 0.5) is 0 Å². The van der Waals surface area contributed by atoms with Crippen molar-refractivity contribution in [3.8, 4) is 0 Å². The zero-order chi connectivity index (χ0) is 16.8. The number of benzene rings is 1. The first-order valence-corrected chi connectivity index (χ1v) is 9.62. The maximum atomic E-state index is 13.0. The summed E-state index contributed by atoms with van der Waals surface area (Å²) in [6, 6.07) is 3.27. The van der Waals surface area contributed by atoms with Gasteiger partial charge in [0.2, 0.25) is 0 Å². The molecule has 3 nitrogen and oxygen atoms in total. The average molecular weight is 400 g/mol. The Morgan fingerprint density at radius 1 is 1.12 bits per heavy atom. The van der Waals surface area contributed by atoms with Crippen molar-refractivity contribution in [2.24, 2.45) is 0 Å². The molecular weight excluding hydrogens is 387 g/mol. The van der Waals surface area contributed by atoms with Crippen molar-refractivity contribution in [3.05, 3.63) is 59.9 Å². The lowest BCUT2D eigenvalue weighted by atomic mass is 9.97. The second-order valence-corrected chi connectivity index (χ2v) is 8.25. The van der Waals surface area contributed by atoms with Crippen LogP contribution in [-0.4, -0.2) is 9.55 Å². The fraction of sp³-hybridized carbons (Fsp3) is 0.294. The fourth-order valence-corrected chi connectivity index (χ4v) is 5.34. The van der Waals surface area contributed by atoms with Gasteiger partial charge in [-0.05, 0) is 43.4 Å². The van der Waals surface area contributed by atoms with Crippen molar-refractivity contribution >= 4 is 56.4 Å². The molecule has 0 amide bonds. The maximum Gasteiger partial charge on any atom is 0.262 e. The van der Waals surface area contributed by atoms with Crippen LogP contribution in [0.1, 0.15) is 28.8 Å². The van der Waals surface area contributed by atoms with Crippen molar-refractivity contribution in [1.29, 1.82) is 0 Å². The van der Waals surface area contributed by atoms with Crippen LogP contribution in [0.25, 0.3) is 10.2 Å². The van der Waals surface area contributed by atoms with Crippen LogP contribution in [0.15, 0.2) is 23.3 Å². The highest BCUT2D eigenvalue weighted by Gasteiger charge is 2.20. The van der Waals surface area contributed by atoms with Gasteiger partial charge in [0.15, 0.2) is 0 Å². The van der Waals surface area contributed by atoms with E-state index in [1.165, 1.54) is 16.9 Å². The number of hydrogen-bond donors (Lipinski definition) is 0. The molecule has 7 heteroatoms. The molecule has 2 heterocycles. The molecule has 2 aromatic heterocycles. The van der Waals surface area contributed by atoms with E-state index in [0.29, 0.717) is 20.6 Å². The van der Waals surface area contributed by atoms with Crippen molar-refractivity contribution in [2.75, 3.05) is 0 Å². The molecule has 4 rings (SSSR count). The molecule has 0 radical (unpaired) electrons. The van der Waals surface area contributed by atoms with E-state index in [0.717, 1.165) is 29.5 Å². The molecule has 1 aliphatic rings. The van der Waals surface area contributed by atoms with Crippen molar-refractivity contribution in [3.63, 3.8) is 0 Å². The van der Waals surface area contributed by atoms with Gasteiger partial charge in [-0.25, -0.2) is 4.98 Å². The molecular formula is C17H13Cl3N2OS. The minimum absolute atomic E-state index is 0.0264. The lowest BCUT2D eigenvalue weighted by Gasteiger charge is -2.12. The van der Waals surface area contributed by atoms with E-state index < -0.39 is 0 Å². The number of halogens is 3. The number of thiophene rings is 1. The fourth-order valence-electron chi connectivity index (χ4n) is 3.19. The van der Waals surface area contributed by atoms with Crippen LogP contribution in [0.5, 0.6) is 0 Å². The molecule has 1 aliphatic carbocycles. The Bertz CT molecular complexity index is 986. The Balaban J connectivity index is 1.84. The largest absolute Gasteiger partial charge is 0.294 e. The molecule has 3 aromatic rings. The number of hydrogen-bond acceptors (Lipinski definition) is 3. The highest BCUT2D eigenvalue weighted by molar-refractivity contribution is 7.18. The summed E-state index contributed by atoms with van der Waals surface area (Å²) in [5.41, 5.74) is 1.83. The molecule has 0 saturated heterocycles. The van der Waals surface area contributed by atoms with Gasteiger partial charge in [-0.15, -0.1) is 11.3 Å². The lowest BCUT2D eigenvalue weighted by molar-refractivity contribution is 0.697. The predicted octanol–water partition coefficient (Wildman–Crippen LogP) is 5.35. The third-order valence-electron chi connectivity index (χ3n) is 4.38. The molecule has 0 atom stereocenters. The molecule has 0 bridgehead atoms. The van der Waals surface area contributed by atoms with Crippen LogP contribution in [0.2, 0.25) is 15.1 Å². The van der Waals surface area contributed by atoms with E-state index in [9.17, 15) is 4.79 Å². The minimum Gasteiger partial charge on any atom is -0.294 e.